The molecule has 1 aromatic carbocycles. The Hall–Kier alpha value is -1.88. The van der Waals surface area contributed by atoms with Crippen LogP contribution in [0.5, 0.6) is 0 Å². The molecule has 0 aromatic heterocycles. The minimum atomic E-state index is 0.646. The first-order valence-corrected chi connectivity index (χ1v) is 4.51. The van der Waals surface area contributed by atoms with Crippen molar-refractivity contribution in [3.63, 3.8) is 0 Å². The summed E-state index contributed by atoms with van der Waals surface area (Å²) in [5.74, 6) is 0. The van der Waals surface area contributed by atoms with Crippen molar-refractivity contribution in [3.8, 4) is 0 Å². The molecule has 70 valence electrons. The number of rotatable bonds is 4. The summed E-state index contributed by atoms with van der Waals surface area (Å²) < 4.78 is 0. The molecule has 0 aliphatic rings. The monoisotopic (exact) mass is 185 g/mol. The Balaban J connectivity index is 3.18. The molecular weight excluding hydrogens is 172 g/mol. The maximum absolute atomic E-state index is 8.91. The summed E-state index contributed by atoms with van der Waals surface area (Å²) in [7, 11) is 0. The van der Waals surface area contributed by atoms with Gasteiger partial charge in [0.05, 0.1) is 11.1 Å². The summed E-state index contributed by atoms with van der Waals surface area (Å²) in [6.45, 7) is 7.33. The zero-order chi connectivity index (χ0) is 10.4. The number of hydrogen-bond acceptors (Lipinski definition) is 1. The molecule has 0 saturated carbocycles. The number of hydrogen-bond donors (Lipinski definition) is 0. The molecule has 0 aliphatic carbocycles. The Morgan fingerprint density at radius 2 is 1.64 bits per heavy atom. The highest BCUT2D eigenvalue weighted by Crippen LogP contribution is 2.25. The predicted octanol–water partition coefficient (Wildman–Crippen LogP) is 3.63. The van der Waals surface area contributed by atoms with Gasteiger partial charge in [-0.1, -0.05) is 30.4 Å². The second-order valence-corrected chi connectivity index (χ2v) is 3.01. The Bertz CT molecular complexity index is 358. The van der Waals surface area contributed by atoms with E-state index in [2.05, 4.69) is 18.1 Å². The normalized spacial score (nSPS) is 9.07. The highest BCUT2D eigenvalue weighted by Gasteiger charge is 2.17. The zero-order valence-electron chi connectivity index (χ0n) is 8.11. The lowest BCUT2D eigenvalue weighted by Gasteiger charge is -1.96. The van der Waals surface area contributed by atoms with Crippen LogP contribution in [0.4, 0.5) is 5.69 Å². The van der Waals surface area contributed by atoms with E-state index in [1.807, 2.05) is 18.2 Å². The van der Waals surface area contributed by atoms with Crippen LogP contribution < -0.4 is 0 Å². The van der Waals surface area contributed by atoms with Gasteiger partial charge in [0.2, 0.25) is 5.39 Å². The summed E-state index contributed by atoms with van der Waals surface area (Å²) in [6.07, 6.45) is 5.01. The quantitative estimate of drug-likeness (QED) is 0.520. The van der Waals surface area contributed by atoms with Crippen LogP contribution in [0.2, 0.25) is 0 Å². The fraction of sp³-hybridized carbons (Fsp3) is 0.167. The zero-order valence-corrected chi connectivity index (χ0v) is 8.11. The molecule has 0 fully saturated rings. The Kier molecular flexibility index (Phi) is 3.63. The third-order valence-corrected chi connectivity index (χ3v) is 2.03. The van der Waals surface area contributed by atoms with Crippen molar-refractivity contribution < 1.29 is 0 Å². The van der Waals surface area contributed by atoms with Crippen molar-refractivity contribution in [3.05, 3.63) is 59.6 Å². The lowest BCUT2D eigenvalue weighted by Crippen LogP contribution is -1.87. The van der Waals surface area contributed by atoms with Gasteiger partial charge in [-0.15, -0.1) is 13.2 Å². The molecule has 0 atom stereocenters. The largest absolute Gasteiger partial charge is 0.391 e. The molecular formula is C12H13N2+. The molecule has 0 unspecified atom stereocenters. The van der Waals surface area contributed by atoms with E-state index in [-0.39, 0.29) is 0 Å². The lowest BCUT2D eigenvalue weighted by atomic mass is 10.0. The maximum atomic E-state index is 8.91. The van der Waals surface area contributed by atoms with Crippen LogP contribution in [0.15, 0.2) is 43.5 Å². The van der Waals surface area contributed by atoms with Crippen molar-refractivity contribution in [1.29, 1.82) is 5.39 Å². The molecule has 0 amide bonds. The van der Waals surface area contributed by atoms with Gasteiger partial charge in [0, 0.05) is 0 Å². The fourth-order valence-electron chi connectivity index (χ4n) is 1.41. The van der Waals surface area contributed by atoms with E-state index in [0.717, 1.165) is 11.1 Å². The van der Waals surface area contributed by atoms with Crippen LogP contribution >= 0.6 is 0 Å². The highest BCUT2D eigenvalue weighted by atomic mass is 14.9. The van der Waals surface area contributed by atoms with E-state index in [9.17, 15) is 0 Å². The number of diazo groups is 1. The Labute approximate surface area is 84.2 Å². The Morgan fingerprint density at radius 3 is 2.00 bits per heavy atom. The molecule has 1 aromatic rings. The van der Waals surface area contributed by atoms with Crippen LogP contribution in [0, 0.1) is 5.39 Å². The first-order chi connectivity index (χ1) is 6.83. The predicted molar refractivity (Wildman–Crippen MR) is 59.0 cm³/mol. The van der Waals surface area contributed by atoms with Gasteiger partial charge in [0.15, 0.2) is 4.98 Å². The average molecular weight is 185 g/mol. The second-order valence-electron chi connectivity index (χ2n) is 3.01. The van der Waals surface area contributed by atoms with Crippen LogP contribution in [-0.2, 0) is 12.8 Å². The molecule has 0 heterocycles. The van der Waals surface area contributed by atoms with Gasteiger partial charge in [-0.2, -0.15) is 0 Å². The van der Waals surface area contributed by atoms with Gasteiger partial charge < -0.3 is 0 Å². The van der Waals surface area contributed by atoms with Crippen molar-refractivity contribution in [1.82, 2.24) is 0 Å². The molecule has 0 N–H and O–H groups in total. The van der Waals surface area contributed by atoms with Crippen molar-refractivity contribution in [2.45, 2.75) is 12.8 Å². The fourth-order valence-corrected chi connectivity index (χ4v) is 1.41. The molecule has 2 nitrogen and oxygen atoms in total. The van der Waals surface area contributed by atoms with E-state index in [0.29, 0.717) is 18.5 Å². The van der Waals surface area contributed by atoms with Crippen molar-refractivity contribution >= 4 is 5.69 Å². The number of allylic oxidation sites excluding steroid dienone is 2. The summed E-state index contributed by atoms with van der Waals surface area (Å²) in [6, 6.07) is 5.82. The van der Waals surface area contributed by atoms with Crippen LogP contribution in [0.1, 0.15) is 11.1 Å². The number of nitrogens with zero attached hydrogens (tertiary/aromatic N) is 2. The minimum absolute atomic E-state index is 0.646. The second kappa shape index (κ2) is 4.98. The molecule has 0 aliphatic heterocycles. The first-order valence-electron chi connectivity index (χ1n) is 4.51. The molecule has 14 heavy (non-hydrogen) atoms. The van der Waals surface area contributed by atoms with Gasteiger partial charge >= 0.3 is 5.69 Å². The van der Waals surface area contributed by atoms with E-state index < -0.39 is 0 Å². The molecule has 0 spiro atoms. The van der Waals surface area contributed by atoms with Gasteiger partial charge in [-0.3, -0.25) is 0 Å². The molecule has 0 saturated heterocycles. The minimum Gasteiger partial charge on any atom is -0.103 e. The SMILES string of the molecule is C=CCc1cccc(CC=C)c1[N+]#N. The lowest BCUT2D eigenvalue weighted by molar-refractivity contribution is 1.21. The van der Waals surface area contributed by atoms with Gasteiger partial charge in [0.1, 0.15) is 0 Å². The van der Waals surface area contributed by atoms with Crippen LogP contribution in [-0.4, -0.2) is 0 Å². The summed E-state index contributed by atoms with van der Waals surface area (Å²) in [5, 5.41) is 8.91. The van der Waals surface area contributed by atoms with E-state index >= 15 is 0 Å². The van der Waals surface area contributed by atoms with E-state index in [4.69, 9.17) is 5.39 Å². The van der Waals surface area contributed by atoms with Gasteiger partial charge in [-0.05, 0) is 12.8 Å². The topological polar surface area (TPSA) is 28.1 Å². The van der Waals surface area contributed by atoms with Crippen LogP contribution in [0.3, 0.4) is 0 Å². The third kappa shape index (κ3) is 2.08. The maximum Gasteiger partial charge on any atom is 0.391 e. The van der Waals surface area contributed by atoms with Crippen molar-refractivity contribution in [2.24, 2.45) is 0 Å². The summed E-state index contributed by atoms with van der Waals surface area (Å²) >= 11 is 0. The van der Waals surface area contributed by atoms with E-state index in [1.54, 1.807) is 12.2 Å². The summed E-state index contributed by atoms with van der Waals surface area (Å²) in [4.78, 5) is 3.31. The summed E-state index contributed by atoms with van der Waals surface area (Å²) in [5.41, 5.74) is 2.62. The third-order valence-electron chi connectivity index (χ3n) is 2.03. The van der Waals surface area contributed by atoms with Gasteiger partial charge in [-0.25, -0.2) is 0 Å². The van der Waals surface area contributed by atoms with Crippen LogP contribution in [0.25, 0.3) is 4.98 Å². The van der Waals surface area contributed by atoms with Gasteiger partial charge in [0.25, 0.3) is 0 Å². The molecule has 2 heteroatoms. The van der Waals surface area contributed by atoms with E-state index in [1.165, 1.54) is 0 Å². The molecule has 0 bridgehead atoms. The first kappa shape index (κ1) is 10.2. The molecule has 1 rings (SSSR count). The molecule has 0 radical (unpaired) electrons. The smallest absolute Gasteiger partial charge is 0.103 e. The van der Waals surface area contributed by atoms with Crippen molar-refractivity contribution in [2.75, 3.05) is 0 Å². The standard InChI is InChI=1S/C12H13N2/c1-3-6-10-8-5-9-11(7-4-2)12(10)14-13/h3-5,8-9H,1-2,6-7H2/q+1. The average Bonchev–Trinajstić information content (AvgIpc) is 2.19. The Morgan fingerprint density at radius 1 is 1.14 bits per heavy atom. The highest BCUT2D eigenvalue weighted by molar-refractivity contribution is 5.59. The number of benzene rings is 1.